The molecule has 1 aromatic carbocycles. The molecule has 0 saturated carbocycles. The van der Waals surface area contributed by atoms with E-state index in [0.717, 1.165) is 18.6 Å². The third kappa shape index (κ3) is 1.47. The number of likely N-dealkylation sites (tertiary alicyclic amines) is 1. The molecule has 0 spiro atoms. The fourth-order valence-electron chi connectivity index (χ4n) is 2.18. The Morgan fingerprint density at radius 3 is 2.54 bits per heavy atom. The maximum atomic E-state index is 3.44. The molecule has 2 aliphatic rings. The average Bonchev–Trinajstić information content (AvgIpc) is 2.76. The second kappa shape index (κ2) is 2.82. The standard InChI is InChI=1S/C11H14N2/c1-2-4-9(5-3-1)6-13-7-10-11(8-13)12-10/h1-5,10-12H,6-8H2/t10-,11-/m1/s1. The molecule has 2 heterocycles. The van der Waals surface area contributed by atoms with Gasteiger partial charge < -0.3 is 5.32 Å². The molecule has 1 N–H and O–H groups in total. The van der Waals surface area contributed by atoms with Crippen molar-refractivity contribution in [2.75, 3.05) is 13.1 Å². The van der Waals surface area contributed by atoms with Gasteiger partial charge in [0.1, 0.15) is 0 Å². The Balaban J connectivity index is 1.63. The van der Waals surface area contributed by atoms with Crippen molar-refractivity contribution in [3.05, 3.63) is 35.9 Å². The van der Waals surface area contributed by atoms with Crippen LogP contribution in [0.4, 0.5) is 0 Å². The SMILES string of the molecule is c1ccc(CN2C[C@H]3N[C@@H]3C2)cc1. The van der Waals surface area contributed by atoms with Gasteiger partial charge in [-0.1, -0.05) is 30.3 Å². The summed E-state index contributed by atoms with van der Waals surface area (Å²) in [6, 6.07) is 12.3. The molecule has 0 aromatic heterocycles. The Hall–Kier alpha value is -0.860. The van der Waals surface area contributed by atoms with Gasteiger partial charge in [0, 0.05) is 31.7 Å². The molecule has 1 aromatic rings. The molecule has 2 fully saturated rings. The molecule has 0 amide bonds. The molecule has 2 saturated heterocycles. The van der Waals surface area contributed by atoms with Crippen molar-refractivity contribution in [2.45, 2.75) is 18.6 Å². The lowest BCUT2D eigenvalue weighted by Crippen LogP contribution is -2.26. The highest BCUT2D eigenvalue weighted by molar-refractivity contribution is 5.16. The van der Waals surface area contributed by atoms with E-state index in [0.29, 0.717) is 0 Å². The summed E-state index contributed by atoms with van der Waals surface area (Å²) in [6.07, 6.45) is 0. The summed E-state index contributed by atoms with van der Waals surface area (Å²) in [5.41, 5.74) is 1.43. The van der Waals surface area contributed by atoms with Gasteiger partial charge in [-0.05, 0) is 5.56 Å². The predicted molar refractivity (Wildman–Crippen MR) is 52.4 cm³/mol. The number of hydrogen-bond donors (Lipinski definition) is 1. The first-order valence-electron chi connectivity index (χ1n) is 4.94. The summed E-state index contributed by atoms with van der Waals surface area (Å²) >= 11 is 0. The van der Waals surface area contributed by atoms with E-state index in [1.165, 1.54) is 18.7 Å². The van der Waals surface area contributed by atoms with Crippen LogP contribution in [0.5, 0.6) is 0 Å². The van der Waals surface area contributed by atoms with Crippen molar-refractivity contribution in [3.8, 4) is 0 Å². The highest BCUT2D eigenvalue weighted by Crippen LogP contribution is 2.23. The summed E-state index contributed by atoms with van der Waals surface area (Å²) in [4.78, 5) is 2.53. The molecular formula is C11H14N2. The smallest absolute Gasteiger partial charge is 0.0365 e. The van der Waals surface area contributed by atoms with E-state index in [4.69, 9.17) is 0 Å². The Morgan fingerprint density at radius 1 is 1.15 bits per heavy atom. The van der Waals surface area contributed by atoms with Crippen molar-refractivity contribution in [1.82, 2.24) is 10.2 Å². The van der Waals surface area contributed by atoms with Crippen LogP contribution >= 0.6 is 0 Å². The van der Waals surface area contributed by atoms with Gasteiger partial charge in [-0.3, -0.25) is 4.90 Å². The number of rotatable bonds is 2. The molecule has 2 nitrogen and oxygen atoms in total. The summed E-state index contributed by atoms with van der Waals surface area (Å²) in [6.45, 7) is 3.59. The van der Waals surface area contributed by atoms with Gasteiger partial charge in [-0.2, -0.15) is 0 Å². The molecule has 2 aliphatic heterocycles. The van der Waals surface area contributed by atoms with Crippen LogP contribution in [0.2, 0.25) is 0 Å². The molecule has 0 unspecified atom stereocenters. The third-order valence-electron chi connectivity index (χ3n) is 2.96. The van der Waals surface area contributed by atoms with Gasteiger partial charge >= 0.3 is 0 Å². The number of fused-ring (bicyclic) bond motifs is 1. The summed E-state index contributed by atoms with van der Waals surface area (Å²) in [7, 11) is 0. The topological polar surface area (TPSA) is 25.2 Å². The molecule has 68 valence electrons. The lowest BCUT2D eigenvalue weighted by molar-refractivity contribution is 0.303. The largest absolute Gasteiger partial charge is 0.306 e. The van der Waals surface area contributed by atoms with Crippen molar-refractivity contribution < 1.29 is 0 Å². The van der Waals surface area contributed by atoms with Crippen LogP contribution < -0.4 is 5.32 Å². The van der Waals surface area contributed by atoms with Crippen LogP contribution in [0.15, 0.2) is 30.3 Å². The van der Waals surface area contributed by atoms with E-state index >= 15 is 0 Å². The van der Waals surface area contributed by atoms with E-state index in [9.17, 15) is 0 Å². The Kier molecular flexibility index (Phi) is 1.64. The molecule has 0 aliphatic carbocycles. The average molecular weight is 174 g/mol. The number of benzene rings is 1. The number of nitrogens with one attached hydrogen (secondary N) is 1. The lowest BCUT2D eigenvalue weighted by Gasteiger charge is -2.16. The summed E-state index contributed by atoms with van der Waals surface area (Å²) < 4.78 is 0. The van der Waals surface area contributed by atoms with Crippen LogP contribution in [0.3, 0.4) is 0 Å². The van der Waals surface area contributed by atoms with Gasteiger partial charge in [0.05, 0.1) is 0 Å². The zero-order chi connectivity index (χ0) is 8.67. The van der Waals surface area contributed by atoms with E-state index in [1.54, 1.807) is 0 Å². The summed E-state index contributed by atoms with van der Waals surface area (Å²) in [5, 5.41) is 3.44. The van der Waals surface area contributed by atoms with Gasteiger partial charge in [0.15, 0.2) is 0 Å². The first kappa shape index (κ1) is 7.54. The molecule has 2 heteroatoms. The van der Waals surface area contributed by atoms with Gasteiger partial charge in [-0.15, -0.1) is 0 Å². The first-order chi connectivity index (χ1) is 6.42. The second-order valence-corrected chi connectivity index (χ2v) is 4.06. The number of piperazine rings is 1. The van der Waals surface area contributed by atoms with E-state index in [2.05, 4.69) is 40.5 Å². The number of nitrogens with zero attached hydrogens (tertiary/aromatic N) is 1. The fraction of sp³-hybridized carbons (Fsp3) is 0.455. The van der Waals surface area contributed by atoms with Gasteiger partial charge in [0.2, 0.25) is 0 Å². The maximum absolute atomic E-state index is 3.44. The Morgan fingerprint density at radius 2 is 1.85 bits per heavy atom. The van der Waals surface area contributed by atoms with Crippen LogP contribution in [0.25, 0.3) is 0 Å². The van der Waals surface area contributed by atoms with Crippen LogP contribution in [-0.4, -0.2) is 30.1 Å². The van der Waals surface area contributed by atoms with Crippen LogP contribution in [0, 0.1) is 0 Å². The second-order valence-electron chi connectivity index (χ2n) is 4.06. The van der Waals surface area contributed by atoms with E-state index < -0.39 is 0 Å². The van der Waals surface area contributed by atoms with Gasteiger partial charge in [-0.25, -0.2) is 0 Å². The quantitative estimate of drug-likeness (QED) is 0.672. The zero-order valence-electron chi connectivity index (χ0n) is 7.61. The molecule has 13 heavy (non-hydrogen) atoms. The highest BCUT2D eigenvalue weighted by atomic mass is 15.3. The lowest BCUT2D eigenvalue weighted by atomic mass is 10.2. The summed E-state index contributed by atoms with van der Waals surface area (Å²) in [5.74, 6) is 0. The van der Waals surface area contributed by atoms with Crippen LogP contribution in [0.1, 0.15) is 5.56 Å². The predicted octanol–water partition coefficient (Wildman–Crippen LogP) is 0.843. The van der Waals surface area contributed by atoms with Gasteiger partial charge in [0.25, 0.3) is 0 Å². The minimum absolute atomic E-state index is 0.809. The van der Waals surface area contributed by atoms with E-state index in [-0.39, 0.29) is 0 Å². The Labute approximate surface area is 78.6 Å². The number of hydrogen-bond acceptors (Lipinski definition) is 2. The highest BCUT2D eigenvalue weighted by Gasteiger charge is 2.44. The normalized spacial score (nSPS) is 31.7. The Bertz CT molecular complexity index is 286. The van der Waals surface area contributed by atoms with E-state index in [1.807, 2.05) is 0 Å². The van der Waals surface area contributed by atoms with Crippen molar-refractivity contribution in [3.63, 3.8) is 0 Å². The molecule has 0 radical (unpaired) electrons. The molecular weight excluding hydrogens is 160 g/mol. The van der Waals surface area contributed by atoms with Crippen LogP contribution in [-0.2, 0) is 6.54 Å². The first-order valence-corrected chi connectivity index (χ1v) is 4.94. The maximum Gasteiger partial charge on any atom is 0.0365 e. The molecule has 2 atom stereocenters. The minimum Gasteiger partial charge on any atom is -0.306 e. The fourth-order valence-corrected chi connectivity index (χ4v) is 2.18. The van der Waals surface area contributed by atoms with Crippen molar-refractivity contribution >= 4 is 0 Å². The molecule has 0 bridgehead atoms. The zero-order valence-corrected chi connectivity index (χ0v) is 7.61. The minimum atomic E-state index is 0.809. The molecule has 3 rings (SSSR count). The van der Waals surface area contributed by atoms with Crippen molar-refractivity contribution in [2.24, 2.45) is 0 Å². The van der Waals surface area contributed by atoms with Crippen molar-refractivity contribution in [1.29, 1.82) is 0 Å². The monoisotopic (exact) mass is 174 g/mol. The third-order valence-corrected chi connectivity index (χ3v) is 2.96.